The molecule has 1 unspecified atom stereocenters. The first-order valence-corrected chi connectivity index (χ1v) is 13.9. The summed E-state index contributed by atoms with van der Waals surface area (Å²) in [5.41, 5.74) is 1.21. The molecule has 1 aliphatic carbocycles. The summed E-state index contributed by atoms with van der Waals surface area (Å²) in [7, 11) is 1.61. The number of carbonyl (C=O) groups is 1. The van der Waals surface area contributed by atoms with Crippen LogP contribution >= 0.6 is 11.3 Å². The SMILES string of the molecule is COCC(C)Oc1cc(Oc2ccc(-c3nnc(C4CCCCC4)o3)cc2)cc(C(=O)Nc2ncc(C)s2)c1. The van der Waals surface area contributed by atoms with Gasteiger partial charge in [-0.25, -0.2) is 4.98 Å². The maximum absolute atomic E-state index is 13.0. The Bertz CT molecular complexity index is 1390. The number of thiazole rings is 1. The highest BCUT2D eigenvalue weighted by Gasteiger charge is 2.22. The standard InChI is InChI=1S/C29H32N4O5S/c1-18(17-35-3)36-24-13-22(26(34)31-29-30-16-19(2)39-29)14-25(15-24)37-23-11-9-21(10-12-23)28-33-32-27(38-28)20-7-5-4-6-8-20/h9-16,18,20H,4-8,17H2,1-3H3,(H,30,31,34). The number of hydrogen-bond acceptors (Lipinski definition) is 9. The third-order valence-electron chi connectivity index (χ3n) is 6.45. The highest BCUT2D eigenvalue weighted by Crippen LogP contribution is 2.34. The molecule has 2 aromatic heterocycles. The van der Waals surface area contributed by atoms with Gasteiger partial charge in [0.1, 0.15) is 23.4 Å². The molecular formula is C29H32N4O5S. The molecule has 1 amide bonds. The molecule has 5 rings (SSSR count). The molecule has 0 aliphatic heterocycles. The Balaban J connectivity index is 1.32. The molecule has 1 atom stereocenters. The zero-order valence-electron chi connectivity index (χ0n) is 22.3. The Kier molecular flexibility index (Phi) is 8.53. The molecule has 4 aromatic rings. The third kappa shape index (κ3) is 7.01. The van der Waals surface area contributed by atoms with Crippen LogP contribution < -0.4 is 14.8 Å². The fourth-order valence-corrected chi connectivity index (χ4v) is 5.24. The van der Waals surface area contributed by atoms with Gasteiger partial charge in [0.15, 0.2) is 5.13 Å². The predicted octanol–water partition coefficient (Wildman–Crippen LogP) is 7.01. The molecule has 9 nitrogen and oxygen atoms in total. The molecule has 1 fully saturated rings. The molecule has 204 valence electrons. The molecule has 0 bridgehead atoms. The van der Waals surface area contributed by atoms with Gasteiger partial charge in [0.25, 0.3) is 5.91 Å². The van der Waals surface area contributed by atoms with Gasteiger partial charge in [-0.3, -0.25) is 10.1 Å². The number of aryl methyl sites for hydroxylation is 1. The van der Waals surface area contributed by atoms with Crippen molar-refractivity contribution in [2.75, 3.05) is 19.0 Å². The van der Waals surface area contributed by atoms with Crippen LogP contribution in [-0.2, 0) is 4.74 Å². The van der Waals surface area contributed by atoms with Crippen molar-refractivity contribution < 1.29 is 23.4 Å². The van der Waals surface area contributed by atoms with Crippen molar-refractivity contribution in [1.29, 1.82) is 0 Å². The topological polar surface area (TPSA) is 109 Å². The summed E-state index contributed by atoms with van der Waals surface area (Å²) in [4.78, 5) is 18.2. The van der Waals surface area contributed by atoms with Crippen LogP contribution in [0, 0.1) is 6.92 Å². The first kappa shape index (κ1) is 26.8. The van der Waals surface area contributed by atoms with Gasteiger partial charge in [0.05, 0.1) is 6.61 Å². The van der Waals surface area contributed by atoms with E-state index in [1.165, 1.54) is 30.6 Å². The molecule has 0 spiro atoms. The summed E-state index contributed by atoms with van der Waals surface area (Å²) < 4.78 is 23.3. The molecule has 1 N–H and O–H groups in total. The molecular weight excluding hydrogens is 516 g/mol. The van der Waals surface area contributed by atoms with Crippen LogP contribution in [0.1, 0.15) is 66.1 Å². The number of rotatable bonds is 10. The largest absolute Gasteiger partial charge is 0.488 e. The van der Waals surface area contributed by atoms with Crippen molar-refractivity contribution in [2.24, 2.45) is 0 Å². The summed E-state index contributed by atoms with van der Waals surface area (Å²) in [6.45, 7) is 4.24. The number of nitrogens with zero attached hydrogens (tertiary/aromatic N) is 3. The van der Waals surface area contributed by atoms with Crippen molar-refractivity contribution in [3.05, 3.63) is 65.0 Å². The molecule has 2 heterocycles. The minimum atomic E-state index is -0.306. The summed E-state index contributed by atoms with van der Waals surface area (Å²) in [5.74, 6) is 2.83. The average molecular weight is 549 g/mol. The van der Waals surface area contributed by atoms with E-state index < -0.39 is 0 Å². The number of benzene rings is 2. The lowest BCUT2D eigenvalue weighted by atomic mass is 9.89. The average Bonchev–Trinajstić information content (AvgIpc) is 3.59. The Morgan fingerprint density at radius 3 is 2.56 bits per heavy atom. The molecule has 39 heavy (non-hydrogen) atoms. The Morgan fingerprint density at radius 2 is 1.85 bits per heavy atom. The Labute approximate surface area is 231 Å². The number of hydrogen-bond donors (Lipinski definition) is 1. The lowest BCUT2D eigenvalue weighted by Crippen LogP contribution is -2.18. The molecule has 1 aliphatic rings. The van der Waals surface area contributed by atoms with Gasteiger partial charge in [-0.05, 0) is 63.1 Å². The van der Waals surface area contributed by atoms with Gasteiger partial charge in [0.2, 0.25) is 11.8 Å². The van der Waals surface area contributed by atoms with Crippen molar-refractivity contribution in [1.82, 2.24) is 15.2 Å². The van der Waals surface area contributed by atoms with Gasteiger partial charge < -0.3 is 18.6 Å². The summed E-state index contributed by atoms with van der Waals surface area (Å²) in [6.07, 6.45) is 7.40. The molecule has 2 aromatic carbocycles. The third-order valence-corrected chi connectivity index (χ3v) is 7.28. The van der Waals surface area contributed by atoms with E-state index in [1.807, 2.05) is 38.1 Å². The molecule has 1 saturated carbocycles. The van der Waals surface area contributed by atoms with E-state index in [0.29, 0.717) is 46.4 Å². The second-order valence-corrected chi connectivity index (χ2v) is 10.9. The number of nitrogens with one attached hydrogen (secondary N) is 1. The summed E-state index contributed by atoms with van der Waals surface area (Å²) in [5, 5.41) is 11.9. The van der Waals surface area contributed by atoms with Gasteiger partial charge >= 0.3 is 0 Å². The molecule has 0 saturated heterocycles. The number of amides is 1. The highest BCUT2D eigenvalue weighted by molar-refractivity contribution is 7.15. The number of ether oxygens (including phenoxy) is 3. The van der Waals surface area contributed by atoms with Crippen LogP contribution in [0.4, 0.5) is 5.13 Å². The molecule has 10 heteroatoms. The van der Waals surface area contributed by atoms with Crippen LogP contribution in [0.25, 0.3) is 11.5 Å². The maximum Gasteiger partial charge on any atom is 0.257 e. The zero-order chi connectivity index (χ0) is 27.2. The van der Waals surface area contributed by atoms with Crippen LogP contribution in [-0.4, -0.2) is 40.9 Å². The van der Waals surface area contributed by atoms with E-state index in [2.05, 4.69) is 20.5 Å². The second-order valence-electron chi connectivity index (χ2n) is 9.71. The predicted molar refractivity (Wildman–Crippen MR) is 149 cm³/mol. The first-order chi connectivity index (χ1) is 19.0. The van der Waals surface area contributed by atoms with Gasteiger partial charge in [-0.1, -0.05) is 19.3 Å². The lowest BCUT2D eigenvalue weighted by molar-refractivity contribution is 0.0916. The number of methoxy groups -OCH3 is 1. The smallest absolute Gasteiger partial charge is 0.257 e. The van der Waals surface area contributed by atoms with Crippen molar-refractivity contribution >= 4 is 22.4 Å². The minimum Gasteiger partial charge on any atom is -0.488 e. The van der Waals surface area contributed by atoms with E-state index in [1.54, 1.807) is 31.5 Å². The quantitative estimate of drug-likeness (QED) is 0.225. The first-order valence-electron chi connectivity index (χ1n) is 13.1. The second kappa shape index (κ2) is 12.4. The van der Waals surface area contributed by atoms with Gasteiger partial charge in [-0.2, -0.15) is 0 Å². The Morgan fingerprint density at radius 1 is 1.08 bits per heavy atom. The number of aromatic nitrogens is 3. The fourth-order valence-electron chi connectivity index (χ4n) is 4.58. The van der Waals surface area contributed by atoms with E-state index >= 15 is 0 Å². The Hall–Kier alpha value is -3.76. The van der Waals surface area contributed by atoms with E-state index in [0.717, 1.165) is 29.2 Å². The molecule has 0 radical (unpaired) electrons. The summed E-state index contributed by atoms with van der Waals surface area (Å²) in [6, 6.07) is 12.5. The van der Waals surface area contributed by atoms with E-state index in [9.17, 15) is 4.79 Å². The van der Waals surface area contributed by atoms with Crippen LogP contribution in [0.3, 0.4) is 0 Å². The van der Waals surface area contributed by atoms with Gasteiger partial charge in [0, 0.05) is 41.3 Å². The van der Waals surface area contributed by atoms with Crippen LogP contribution in [0.15, 0.2) is 53.1 Å². The number of anilines is 1. The fraction of sp³-hybridized carbons (Fsp3) is 0.379. The maximum atomic E-state index is 13.0. The van der Waals surface area contributed by atoms with E-state index in [-0.39, 0.29) is 12.0 Å². The highest BCUT2D eigenvalue weighted by atomic mass is 32.1. The van der Waals surface area contributed by atoms with Crippen molar-refractivity contribution in [3.8, 4) is 28.7 Å². The van der Waals surface area contributed by atoms with E-state index in [4.69, 9.17) is 18.6 Å². The minimum absolute atomic E-state index is 0.213. The zero-order valence-corrected chi connectivity index (χ0v) is 23.1. The van der Waals surface area contributed by atoms with Gasteiger partial charge in [-0.15, -0.1) is 21.5 Å². The van der Waals surface area contributed by atoms with Crippen molar-refractivity contribution in [3.63, 3.8) is 0 Å². The lowest BCUT2D eigenvalue weighted by Gasteiger charge is -2.17. The van der Waals surface area contributed by atoms with Crippen molar-refractivity contribution in [2.45, 2.75) is 58.0 Å². The normalized spacial score (nSPS) is 14.6. The summed E-state index contributed by atoms with van der Waals surface area (Å²) >= 11 is 1.41. The van der Waals surface area contributed by atoms with Crippen LogP contribution in [0.2, 0.25) is 0 Å². The van der Waals surface area contributed by atoms with Crippen LogP contribution in [0.5, 0.6) is 17.2 Å². The monoisotopic (exact) mass is 548 g/mol. The number of carbonyl (C=O) groups excluding carboxylic acids is 1.